The van der Waals surface area contributed by atoms with E-state index in [1.807, 2.05) is 0 Å². The molecule has 0 aromatic rings. The zero-order valence-electron chi connectivity index (χ0n) is 4.14. The maximum Gasteiger partial charge on any atom is 0.331 e. The second-order valence-electron chi connectivity index (χ2n) is 1.12. The Balaban J connectivity index is 3.82. The fourth-order valence-electron chi connectivity index (χ4n) is 0.123. The molecule has 0 unspecified atom stereocenters. The van der Waals surface area contributed by atoms with Gasteiger partial charge in [-0.3, -0.25) is 0 Å². The second kappa shape index (κ2) is 2.39. The molecular weight excluding hydrogens is 92.1 g/mol. The predicted molar refractivity (Wildman–Crippen MR) is 26.7 cm³/mol. The topological polar surface area (TPSA) is 37.3 Å². The zero-order chi connectivity index (χ0) is 5.86. The average molecular weight is 99.1 g/mol. The van der Waals surface area contributed by atoms with Crippen molar-refractivity contribution >= 4 is 5.97 Å². The van der Waals surface area contributed by atoms with Crippen LogP contribution in [0.4, 0.5) is 0 Å². The molecule has 0 bridgehead atoms. The van der Waals surface area contributed by atoms with Gasteiger partial charge in [0.2, 0.25) is 0 Å². The Bertz CT molecular complexity index is 103. The first-order chi connectivity index (χ1) is 3.18. The summed E-state index contributed by atoms with van der Waals surface area (Å²) < 4.78 is 0. The molecule has 39 valence electrons. The number of allylic oxidation sites excluding steroid dienone is 1. The first-order valence-electron chi connectivity index (χ1n) is 1.90. The van der Waals surface area contributed by atoms with E-state index in [0.717, 1.165) is 0 Å². The molecule has 2 nitrogen and oxygen atoms in total. The molecule has 0 saturated carbocycles. The Morgan fingerprint density at radius 3 is 2.29 bits per heavy atom. The SMILES string of the molecule is [CH2]/C(=C\C)C(=O)O. The van der Waals surface area contributed by atoms with Crippen molar-refractivity contribution in [3.05, 3.63) is 18.6 Å². The van der Waals surface area contributed by atoms with Gasteiger partial charge < -0.3 is 5.11 Å². The van der Waals surface area contributed by atoms with Crippen LogP contribution in [0, 0.1) is 6.92 Å². The van der Waals surface area contributed by atoms with Crippen LogP contribution < -0.4 is 0 Å². The van der Waals surface area contributed by atoms with Crippen molar-refractivity contribution in [3.63, 3.8) is 0 Å². The summed E-state index contributed by atoms with van der Waals surface area (Å²) in [5.74, 6) is -0.956. The monoisotopic (exact) mass is 99.0 g/mol. The van der Waals surface area contributed by atoms with Gasteiger partial charge >= 0.3 is 5.97 Å². The summed E-state index contributed by atoms with van der Waals surface area (Å²) in [6, 6.07) is 0. The van der Waals surface area contributed by atoms with Crippen LogP contribution in [0.25, 0.3) is 0 Å². The van der Waals surface area contributed by atoms with Crippen LogP contribution in [0.5, 0.6) is 0 Å². The van der Waals surface area contributed by atoms with E-state index in [-0.39, 0.29) is 5.57 Å². The maximum atomic E-state index is 9.80. The highest BCUT2D eigenvalue weighted by Gasteiger charge is 1.93. The third kappa shape index (κ3) is 1.98. The lowest BCUT2D eigenvalue weighted by molar-refractivity contribution is -0.132. The van der Waals surface area contributed by atoms with Crippen molar-refractivity contribution in [2.45, 2.75) is 6.92 Å². The summed E-state index contributed by atoms with van der Waals surface area (Å²) in [5, 5.41) is 8.05. The highest BCUT2D eigenvalue weighted by Crippen LogP contribution is 1.86. The number of carboxylic acid groups (broad SMARTS) is 1. The quantitative estimate of drug-likeness (QED) is 0.495. The smallest absolute Gasteiger partial charge is 0.331 e. The summed E-state index contributed by atoms with van der Waals surface area (Å²) in [6.45, 7) is 4.85. The van der Waals surface area contributed by atoms with E-state index < -0.39 is 5.97 Å². The minimum Gasteiger partial charge on any atom is -0.478 e. The molecule has 0 saturated heterocycles. The van der Waals surface area contributed by atoms with Gasteiger partial charge in [0.25, 0.3) is 0 Å². The van der Waals surface area contributed by atoms with E-state index >= 15 is 0 Å². The highest BCUT2D eigenvalue weighted by molar-refractivity contribution is 5.87. The van der Waals surface area contributed by atoms with Crippen LogP contribution in [-0.4, -0.2) is 11.1 Å². The molecule has 0 heterocycles. The van der Waals surface area contributed by atoms with E-state index in [4.69, 9.17) is 5.11 Å². The Morgan fingerprint density at radius 1 is 1.86 bits per heavy atom. The van der Waals surface area contributed by atoms with Crippen molar-refractivity contribution < 1.29 is 9.90 Å². The Labute approximate surface area is 42.5 Å². The van der Waals surface area contributed by atoms with Crippen LogP contribution in [-0.2, 0) is 4.79 Å². The Hall–Kier alpha value is -0.790. The van der Waals surface area contributed by atoms with Crippen LogP contribution in [0.3, 0.4) is 0 Å². The molecular formula is C5H7O2. The van der Waals surface area contributed by atoms with Gasteiger partial charge in [0.05, 0.1) is 0 Å². The van der Waals surface area contributed by atoms with E-state index in [2.05, 4.69) is 6.92 Å². The third-order valence-corrected chi connectivity index (χ3v) is 0.623. The molecule has 0 aliphatic heterocycles. The largest absolute Gasteiger partial charge is 0.478 e. The van der Waals surface area contributed by atoms with Crippen LogP contribution in [0.15, 0.2) is 11.6 Å². The van der Waals surface area contributed by atoms with E-state index in [0.29, 0.717) is 0 Å². The van der Waals surface area contributed by atoms with Crippen LogP contribution in [0.2, 0.25) is 0 Å². The minimum atomic E-state index is -0.956. The molecule has 0 atom stereocenters. The molecule has 0 aliphatic carbocycles. The first-order valence-corrected chi connectivity index (χ1v) is 1.90. The van der Waals surface area contributed by atoms with Crippen molar-refractivity contribution in [2.24, 2.45) is 0 Å². The molecule has 0 amide bonds. The molecule has 0 fully saturated rings. The zero-order valence-corrected chi connectivity index (χ0v) is 4.14. The predicted octanol–water partition coefficient (Wildman–Crippen LogP) is 0.851. The molecule has 2 heteroatoms. The van der Waals surface area contributed by atoms with Gasteiger partial charge in [-0.15, -0.1) is 0 Å². The molecule has 1 radical (unpaired) electrons. The molecule has 0 aromatic heterocycles. The van der Waals surface area contributed by atoms with E-state index in [1.54, 1.807) is 6.92 Å². The summed E-state index contributed by atoms with van der Waals surface area (Å²) >= 11 is 0. The van der Waals surface area contributed by atoms with Crippen molar-refractivity contribution in [1.82, 2.24) is 0 Å². The van der Waals surface area contributed by atoms with Crippen LogP contribution in [0.1, 0.15) is 6.92 Å². The highest BCUT2D eigenvalue weighted by atomic mass is 16.4. The molecule has 0 aliphatic rings. The second-order valence-corrected chi connectivity index (χ2v) is 1.12. The fourth-order valence-corrected chi connectivity index (χ4v) is 0.123. The van der Waals surface area contributed by atoms with Gasteiger partial charge in [-0.1, -0.05) is 6.08 Å². The summed E-state index contributed by atoms with van der Waals surface area (Å²) in [5.41, 5.74) is 0.139. The summed E-state index contributed by atoms with van der Waals surface area (Å²) in [6.07, 6.45) is 1.45. The lowest BCUT2D eigenvalue weighted by Gasteiger charge is -1.83. The lowest BCUT2D eigenvalue weighted by Crippen LogP contribution is -1.94. The number of carboxylic acids is 1. The van der Waals surface area contributed by atoms with Crippen molar-refractivity contribution in [2.75, 3.05) is 0 Å². The summed E-state index contributed by atoms with van der Waals surface area (Å²) in [7, 11) is 0. The number of hydrogen-bond acceptors (Lipinski definition) is 1. The lowest BCUT2D eigenvalue weighted by atomic mass is 10.3. The number of carbonyl (C=O) groups is 1. The minimum absolute atomic E-state index is 0.139. The van der Waals surface area contributed by atoms with Gasteiger partial charge in [-0.25, -0.2) is 4.79 Å². The number of hydrogen-bond donors (Lipinski definition) is 1. The van der Waals surface area contributed by atoms with Gasteiger partial charge in [0.15, 0.2) is 0 Å². The average Bonchev–Trinajstić information content (AvgIpc) is 1.65. The standard InChI is InChI=1S/C5H7O2/c1-3-4(2)5(6)7/h3H,2H2,1H3,(H,6,7)/b4-3+. The fraction of sp³-hybridized carbons (Fsp3) is 0.200. The normalized spacial score (nSPS) is 11.4. The van der Waals surface area contributed by atoms with Gasteiger partial charge in [-0.2, -0.15) is 0 Å². The summed E-state index contributed by atoms with van der Waals surface area (Å²) in [4.78, 5) is 9.80. The van der Waals surface area contributed by atoms with Crippen molar-refractivity contribution in [3.8, 4) is 0 Å². The van der Waals surface area contributed by atoms with Gasteiger partial charge in [-0.05, 0) is 13.8 Å². The molecule has 1 N–H and O–H groups in total. The molecule has 0 spiro atoms. The Morgan fingerprint density at radius 2 is 2.29 bits per heavy atom. The van der Waals surface area contributed by atoms with E-state index in [1.165, 1.54) is 6.08 Å². The first kappa shape index (κ1) is 6.21. The number of rotatable bonds is 1. The van der Waals surface area contributed by atoms with Crippen molar-refractivity contribution in [1.29, 1.82) is 0 Å². The molecule has 7 heavy (non-hydrogen) atoms. The van der Waals surface area contributed by atoms with E-state index in [9.17, 15) is 4.79 Å². The number of aliphatic carboxylic acids is 1. The molecule has 0 rings (SSSR count). The maximum absolute atomic E-state index is 9.80. The third-order valence-electron chi connectivity index (χ3n) is 0.623. The van der Waals surface area contributed by atoms with Gasteiger partial charge in [0, 0.05) is 5.57 Å². The van der Waals surface area contributed by atoms with Gasteiger partial charge in [0.1, 0.15) is 0 Å². The van der Waals surface area contributed by atoms with Crippen LogP contribution >= 0.6 is 0 Å². The Kier molecular flexibility index (Phi) is 2.12. The molecule has 0 aromatic carbocycles.